The Kier molecular flexibility index (Phi) is 5.66. The molecule has 5 heteroatoms. The summed E-state index contributed by atoms with van der Waals surface area (Å²) in [6, 6.07) is 7.88. The summed E-state index contributed by atoms with van der Waals surface area (Å²) in [4.78, 5) is 27.6. The van der Waals surface area contributed by atoms with Crippen LogP contribution < -0.4 is 0 Å². The quantitative estimate of drug-likeness (QED) is 0.471. The van der Waals surface area contributed by atoms with Gasteiger partial charge in [-0.05, 0) is 43.4 Å². The summed E-state index contributed by atoms with van der Waals surface area (Å²) in [7, 11) is 1.33. The highest BCUT2D eigenvalue weighted by Crippen LogP contribution is 2.31. The van der Waals surface area contributed by atoms with Crippen molar-refractivity contribution in [3.05, 3.63) is 46.7 Å². The van der Waals surface area contributed by atoms with Crippen LogP contribution in [0.2, 0.25) is 0 Å². The highest BCUT2D eigenvalue weighted by Gasteiger charge is 2.36. The number of carbonyl (C=O) groups excluding carboxylic acids is 2. The molecule has 0 unspecified atom stereocenters. The molecule has 1 aromatic carbocycles. The molecule has 1 amide bonds. The summed E-state index contributed by atoms with van der Waals surface area (Å²) in [5.41, 5.74) is 2.31. The van der Waals surface area contributed by atoms with Crippen LogP contribution in [0.1, 0.15) is 25.8 Å². The molecule has 0 radical (unpaired) electrons. The first-order chi connectivity index (χ1) is 11.0. The van der Waals surface area contributed by atoms with Gasteiger partial charge in [-0.2, -0.15) is 0 Å². The van der Waals surface area contributed by atoms with Crippen molar-refractivity contribution in [1.29, 1.82) is 0 Å². The van der Waals surface area contributed by atoms with E-state index in [0.29, 0.717) is 23.4 Å². The first-order valence-corrected chi connectivity index (χ1v) is 8.73. The molecule has 0 aliphatic carbocycles. The Hall–Kier alpha value is -2.01. The number of hydrogen-bond donors (Lipinski definition) is 0. The molecule has 1 aliphatic heterocycles. The second-order valence-electron chi connectivity index (χ2n) is 5.24. The number of benzene rings is 1. The topological polar surface area (TPSA) is 46.6 Å². The second-order valence-corrected chi connectivity index (χ2v) is 6.12. The van der Waals surface area contributed by atoms with E-state index in [1.807, 2.05) is 37.4 Å². The molecule has 0 N–H and O–H groups in total. The molecular formula is C18H21NO3S. The van der Waals surface area contributed by atoms with Crippen molar-refractivity contribution in [2.24, 2.45) is 0 Å². The number of methoxy groups -OCH3 is 1. The summed E-state index contributed by atoms with van der Waals surface area (Å²) in [5.74, 6) is -0.611. The fraction of sp³-hybridized carbons (Fsp3) is 0.333. The molecule has 1 heterocycles. The second kappa shape index (κ2) is 7.51. The first kappa shape index (κ1) is 17.3. The Morgan fingerprint density at radius 1 is 1.30 bits per heavy atom. The van der Waals surface area contributed by atoms with E-state index >= 15 is 0 Å². The molecule has 0 atom stereocenters. The van der Waals surface area contributed by atoms with Gasteiger partial charge in [0.15, 0.2) is 0 Å². The molecule has 2 rings (SSSR count). The smallest absolute Gasteiger partial charge is 0.340 e. The van der Waals surface area contributed by atoms with Gasteiger partial charge in [0.1, 0.15) is 0 Å². The van der Waals surface area contributed by atoms with Gasteiger partial charge < -0.3 is 9.64 Å². The van der Waals surface area contributed by atoms with Crippen molar-refractivity contribution in [3.63, 3.8) is 0 Å². The minimum atomic E-state index is -0.471. The van der Waals surface area contributed by atoms with Crippen molar-refractivity contribution >= 4 is 29.7 Å². The molecular weight excluding hydrogens is 310 g/mol. The minimum absolute atomic E-state index is 0.140. The van der Waals surface area contributed by atoms with Crippen LogP contribution in [0.5, 0.6) is 0 Å². The third kappa shape index (κ3) is 3.50. The van der Waals surface area contributed by atoms with Crippen LogP contribution in [-0.2, 0) is 14.3 Å². The summed E-state index contributed by atoms with van der Waals surface area (Å²) < 4.78 is 4.86. The Morgan fingerprint density at radius 2 is 1.96 bits per heavy atom. The summed E-state index contributed by atoms with van der Waals surface area (Å²) in [6.07, 6.45) is 4.60. The van der Waals surface area contributed by atoms with Gasteiger partial charge in [-0.15, -0.1) is 11.8 Å². The zero-order chi connectivity index (χ0) is 17.0. The van der Waals surface area contributed by atoms with Crippen LogP contribution in [0.3, 0.4) is 0 Å². The number of amides is 1. The number of rotatable bonds is 5. The third-order valence-corrected chi connectivity index (χ3v) is 4.52. The van der Waals surface area contributed by atoms with Crippen LogP contribution in [0.15, 0.2) is 46.0 Å². The number of nitrogens with zero attached hydrogens (tertiary/aromatic N) is 1. The predicted octanol–water partition coefficient (Wildman–Crippen LogP) is 3.49. The lowest BCUT2D eigenvalue weighted by Crippen LogP contribution is -2.25. The maximum Gasteiger partial charge on any atom is 0.340 e. The van der Waals surface area contributed by atoms with Crippen molar-refractivity contribution in [2.45, 2.75) is 25.2 Å². The Morgan fingerprint density at radius 3 is 2.48 bits per heavy atom. The van der Waals surface area contributed by atoms with Gasteiger partial charge in [0.05, 0.1) is 18.3 Å². The van der Waals surface area contributed by atoms with E-state index < -0.39 is 5.97 Å². The van der Waals surface area contributed by atoms with Crippen LogP contribution in [0.4, 0.5) is 0 Å². The zero-order valence-corrected chi connectivity index (χ0v) is 14.7. The minimum Gasteiger partial charge on any atom is -0.465 e. The highest BCUT2D eigenvalue weighted by molar-refractivity contribution is 7.98. The van der Waals surface area contributed by atoms with Crippen LogP contribution in [0.25, 0.3) is 6.08 Å². The molecule has 23 heavy (non-hydrogen) atoms. The van der Waals surface area contributed by atoms with Crippen molar-refractivity contribution in [3.8, 4) is 0 Å². The van der Waals surface area contributed by atoms with Gasteiger partial charge in [-0.25, -0.2) is 4.79 Å². The summed E-state index contributed by atoms with van der Waals surface area (Å²) in [6.45, 7) is 4.38. The zero-order valence-electron chi connectivity index (χ0n) is 13.9. The van der Waals surface area contributed by atoms with Crippen molar-refractivity contribution in [2.75, 3.05) is 19.9 Å². The number of thioether (sulfide) groups is 1. The highest BCUT2D eigenvalue weighted by atomic mass is 32.2. The van der Waals surface area contributed by atoms with Gasteiger partial charge in [0.2, 0.25) is 0 Å². The van der Waals surface area contributed by atoms with Crippen LogP contribution in [-0.4, -0.2) is 36.7 Å². The molecule has 0 fully saturated rings. The standard InChI is InChI=1S/C18H21NO3S/c1-5-10-19-12(2)16(18(21)22-3)15(17(19)20)11-13-6-8-14(23-4)9-7-13/h6-9,11H,5,10H2,1-4H3. The van der Waals surface area contributed by atoms with Gasteiger partial charge in [-0.1, -0.05) is 19.1 Å². The van der Waals surface area contributed by atoms with E-state index in [0.717, 1.165) is 16.9 Å². The third-order valence-electron chi connectivity index (χ3n) is 3.78. The number of hydrogen-bond acceptors (Lipinski definition) is 4. The van der Waals surface area contributed by atoms with Crippen molar-refractivity contribution in [1.82, 2.24) is 4.90 Å². The molecule has 0 saturated heterocycles. The molecule has 122 valence electrons. The average Bonchev–Trinajstić information content (AvgIpc) is 2.80. The largest absolute Gasteiger partial charge is 0.465 e. The number of carbonyl (C=O) groups is 2. The SMILES string of the molecule is CCCN1C(=O)C(=Cc2ccc(SC)cc2)C(C(=O)OC)=C1C. The van der Waals surface area contributed by atoms with Gasteiger partial charge >= 0.3 is 5.97 Å². The van der Waals surface area contributed by atoms with E-state index in [1.54, 1.807) is 29.7 Å². The lowest BCUT2D eigenvalue weighted by Gasteiger charge is -2.16. The number of esters is 1. The van der Waals surface area contributed by atoms with Crippen LogP contribution in [0, 0.1) is 0 Å². The molecule has 1 aliphatic rings. The molecule has 0 spiro atoms. The normalized spacial score (nSPS) is 16.4. The van der Waals surface area contributed by atoms with Gasteiger partial charge in [0.25, 0.3) is 5.91 Å². The van der Waals surface area contributed by atoms with E-state index in [4.69, 9.17) is 4.74 Å². The predicted molar refractivity (Wildman–Crippen MR) is 92.9 cm³/mol. The summed E-state index contributed by atoms with van der Waals surface area (Å²) >= 11 is 1.66. The van der Waals surface area contributed by atoms with E-state index in [1.165, 1.54) is 7.11 Å². The van der Waals surface area contributed by atoms with Crippen LogP contribution >= 0.6 is 11.8 Å². The monoisotopic (exact) mass is 331 g/mol. The maximum atomic E-state index is 12.7. The summed E-state index contributed by atoms with van der Waals surface area (Å²) in [5, 5.41) is 0. The molecule has 1 aromatic rings. The average molecular weight is 331 g/mol. The molecule has 0 aromatic heterocycles. The van der Waals surface area contributed by atoms with Gasteiger partial charge in [0, 0.05) is 17.1 Å². The molecule has 0 bridgehead atoms. The fourth-order valence-electron chi connectivity index (χ4n) is 2.59. The first-order valence-electron chi connectivity index (χ1n) is 7.50. The Labute approximate surface area is 141 Å². The number of ether oxygens (including phenoxy) is 1. The van der Waals surface area contributed by atoms with E-state index in [2.05, 4.69) is 0 Å². The van der Waals surface area contributed by atoms with E-state index in [-0.39, 0.29) is 5.91 Å². The number of allylic oxidation sites excluding steroid dienone is 1. The molecule has 4 nitrogen and oxygen atoms in total. The lowest BCUT2D eigenvalue weighted by molar-refractivity contribution is -0.136. The Balaban J connectivity index is 2.46. The maximum absolute atomic E-state index is 12.7. The molecule has 0 saturated carbocycles. The van der Waals surface area contributed by atoms with E-state index in [9.17, 15) is 9.59 Å². The van der Waals surface area contributed by atoms with Crippen molar-refractivity contribution < 1.29 is 14.3 Å². The lowest BCUT2D eigenvalue weighted by atomic mass is 10.0. The Bertz CT molecular complexity index is 674. The fourth-order valence-corrected chi connectivity index (χ4v) is 3.00. The van der Waals surface area contributed by atoms with Gasteiger partial charge in [-0.3, -0.25) is 4.79 Å².